The second-order valence-corrected chi connectivity index (χ2v) is 3.78. The topological polar surface area (TPSA) is 80.7 Å². The molecule has 0 heterocycles. The first-order valence-corrected chi connectivity index (χ1v) is 5.48. The Kier molecular flexibility index (Phi) is 4.59. The molecule has 0 atom stereocenters. The number of benzene rings is 1. The number of carbonyl (C=O) groups excluding carboxylic acids is 2. The summed E-state index contributed by atoms with van der Waals surface area (Å²) in [6.45, 7) is 3.22. The van der Waals surface area contributed by atoms with Crippen molar-refractivity contribution in [3.8, 4) is 0 Å². The summed E-state index contributed by atoms with van der Waals surface area (Å²) in [4.78, 5) is 33.6. The summed E-state index contributed by atoms with van der Waals surface area (Å²) >= 11 is 0. The van der Waals surface area contributed by atoms with E-state index in [4.69, 9.17) is 9.84 Å². The molecule has 5 heteroatoms. The van der Waals surface area contributed by atoms with Crippen LogP contribution >= 0.6 is 0 Å². The van der Waals surface area contributed by atoms with Crippen LogP contribution in [0.4, 0.5) is 0 Å². The number of ketones is 1. The Morgan fingerprint density at radius 2 is 1.89 bits per heavy atom. The molecule has 0 fully saturated rings. The molecule has 0 radical (unpaired) electrons. The van der Waals surface area contributed by atoms with Crippen molar-refractivity contribution in [2.45, 2.75) is 20.3 Å². The summed E-state index contributed by atoms with van der Waals surface area (Å²) in [5.74, 6) is -1.96. The van der Waals surface area contributed by atoms with Crippen LogP contribution in [0.15, 0.2) is 18.2 Å². The average Bonchev–Trinajstić information content (AvgIpc) is 2.28. The third-order valence-electron chi connectivity index (χ3n) is 2.26. The summed E-state index contributed by atoms with van der Waals surface area (Å²) in [6.07, 6.45) is 0.159. The number of rotatable bonds is 5. The molecule has 96 valence electrons. The average molecular weight is 250 g/mol. The first kappa shape index (κ1) is 13.9. The van der Waals surface area contributed by atoms with Gasteiger partial charge in [-0.3, -0.25) is 4.79 Å². The molecule has 0 aromatic heterocycles. The highest BCUT2D eigenvalue weighted by Crippen LogP contribution is 2.14. The van der Waals surface area contributed by atoms with E-state index >= 15 is 0 Å². The van der Waals surface area contributed by atoms with Crippen LogP contribution in [-0.2, 0) is 16.0 Å². The molecule has 0 amide bonds. The van der Waals surface area contributed by atoms with Crippen LogP contribution in [0.25, 0.3) is 0 Å². The van der Waals surface area contributed by atoms with Crippen LogP contribution in [0.2, 0.25) is 0 Å². The van der Waals surface area contributed by atoms with Crippen molar-refractivity contribution < 1.29 is 24.2 Å². The van der Waals surface area contributed by atoms with Gasteiger partial charge in [-0.1, -0.05) is 6.07 Å². The van der Waals surface area contributed by atoms with Gasteiger partial charge in [0.05, 0.1) is 17.7 Å². The minimum absolute atomic E-state index is 0.0249. The van der Waals surface area contributed by atoms with Crippen LogP contribution < -0.4 is 0 Å². The van der Waals surface area contributed by atoms with Gasteiger partial charge in [0, 0.05) is 6.42 Å². The molecule has 1 rings (SSSR count). The Morgan fingerprint density at radius 3 is 2.39 bits per heavy atom. The fourth-order valence-corrected chi connectivity index (χ4v) is 1.55. The molecular formula is C13H14O5. The van der Waals surface area contributed by atoms with Gasteiger partial charge in [-0.2, -0.15) is 0 Å². The summed E-state index contributed by atoms with van der Waals surface area (Å²) in [7, 11) is 0. The zero-order valence-electron chi connectivity index (χ0n) is 10.2. The Morgan fingerprint density at radius 1 is 1.22 bits per heavy atom. The summed E-state index contributed by atoms with van der Waals surface area (Å²) < 4.78 is 4.79. The summed E-state index contributed by atoms with van der Waals surface area (Å²) in [5.41, 5.74) is 0.444. The van der Waals surface area contributed by atoms with Gasteiger partial charge in [-0.05, 0) is 31.5 Å². The van der Waals surface area contributed by atoms with E-state index in [9.17, 15) is 14.4 Å². The largest absolute Gasteiger partial charge is 0.478 e. The van der Waals surface area contributed by atoms with Crippen molar-refractivity contribution in [1.82, 2.24) is 0 Å². The number of hydrogen-bond acceptors (Lipinski definition) is 4. The highest BCUT2D eigenvalue weighted by molar-refractivity contribution is 6.02. The highest BCUT2D eigenvalue weighted by Gasteiger charge is 2.18. The molecule has 18 heavy (non-hydrogen) atoms. The molecular weight excluding hydrogens is 236 g/mol. The molecule has 0 aliphatic heterocycles. The van der Waals surface area contributed by atoms with Crippen molar-refractivity contribution in [1.29, 1.82) is 0 Å². The fourth-order valence-electron chi connectivity index (χ4n) is 1.55. The zero-order chi connectivity index (χ0) is 13.7. The fraction of sp³-hybridized carbons (Fsp3) is 0.308. The number of carboxylic acid groups (broad SMARTS) is 1. The van der Waals surface area contributed by atoms with Crippen LogP contribution in [0.1, 0.15) is 40.1 Å². The van der Waals surface area contributed by atoms with Gasteiger partial charge in [-0.25, -0.2) is 9.59 Å². The number of aromatic carboxylic acids is 1. The second-order valence-electron chi connectivity index (χ2n) is 3.78. The van der Waals surface area contributed by atoms with Crippen molar-refractivity contribution >= 4 is 17.7 Å². The van der Waals surface area contributed by atoms with Gasteiger partial charge >= 0.3 is 11.9 Å². The van der Waals surface area contributed by atoms with Gasteiger partial charge < -0.3 is 9.84 Å². The molecule has 0 saturated heterocycles. The minimum Gasteiger partial charge on any atom is -0.478 e. The predicted molar refractivity (Wildman–Crippen MR) is 63.7 cm³/mol. The van der Waals surface area contributed by atoms with E-state index in [1.54, 1.807) is 6.92 Å². The number of carbonyl (C=O) groups is 3. The van der Waals surface area contributed by atoms with E-state index in [1.165, 1.54) is 25.1 Å². The molecule has 1 aromatic rings. The van der Waals surface area contributed by atoms with Gasteiger partial charge in [0.1, 0.15) is 5.78 Å². The lowest BCUT2D eigenvalue weighted by Gasteiger charge is -2.07. The maximum absolute atomic E-state index is 11.6. The molecule has 0 spiro atoms. The second kappa shape index (κ2) is 5.95. The van der Waals surface area contributed by atoms with E-state index in [0.717, 1.165) is 0 Å². The minimum atomic E-state index is -1.20. The first-order chi connectivity index (χ1) is 8.45. The standard InChI is InChI=1S/C13H14O5/c1-3-18-13(17)11-7-9(6-8(2)14)4-5-10(11)12(15)16/h4-5,7H,3,6H2,1-2H3,(H,15,16). The quantitative estimate of drug-likeness (QED) is 0.804. The molecule has 0 aliphatic carbocycles. The van der Waals surface area contributed by atoms with Crippen LogP contribution in [-0.4, -0.2) is 29.4 Å². The molecule has 0 saturated carbocycles. The van der Waals surface area contributed by atoms with Gasteiger partial charge in [0.15, 0.2) is 0 Å². The Hall–Kier alpha value is -2.17. The van der Waals surface area contributed by atoms with Crippen molar-refractivity contribution in [2.75, 3.05) is 6.61 Å². The van der Waals surface area contributed by atoms with E-state index in [-0.39, 0.29) is 29.9 Å². The number of esters is 1. The number of Topliss-reactive ketones (excluding diaryl/α,β-unsaturated/α-hetero) is 1. The normalized spacial score (nSPS) is 9.89. The third-order valence-corrected chi connectivity index (χ3v) is 2.26. The zero-order valence-corrected chi connectivity index (χ0v) is 10.2. The van der Waals surface area contributed by atoms with Gasteiger partial charge in [0.2, 0.25) is 0 Å². The number of hydrogen-bond donors (Lipinski definition) is 1. The van der Waals surface area contributed by atoms with E-state index in [0.29, 0.717) is 5.56 Å². The summed E-state index contributed by atoms with van der Waals surface area (Å²) in [5, 5.41) is 8.98. The lowest BCUT2D eigenvalue weighted by atomic mass is 10.0. The Balaban J connectivity index is 3.19. The molecule has 5 nitrogen and oxygen atoms in total. The Bertz CT molecular complexity index is 490. The smallest absolute Gasteiger partial charge is 0.339 e. The van der Waals surface area contributed by atoms with E-state index in [2.05, 4.69) is 0 Å². The van der Waals surface area contributed by atoms with Crippen LogP contribution in [0, 0.1) is 0 Å². The van der Waals surface area contributed by atoms with Gasteiger partial charge in [0.25, 0.3) is 0 Å². The maximum atomic E-state index is 11.6. The monoisotopic (exact) mass is 250 g/mol. The molecule has 0 unspecified atom stereocenters. The van der Waals surface area contributed by atoms with Crippen molar-refractivity contribution in [3.05, 3.63) is 34.9 Å². The summed E-state index contributed by atoms with van der Waals surface area (Å²) in [6, 6.07) is 4.23. The molecule has 0 aliphatic rings. The Labute approximate surface area is 104 Å². The predicted octanol–water partition coefficient (Wildman–Crippen LogP) is 1.69. The first-order valence-electron chi connectivity index (χ1n) is 5.48. The lowest BCUT2D eigenvalue weighted by molar-refractivity contribution is -0.116. The lowest BCUT2D eigenvalue weighted by Crippen LogP contribution is -2.12. The molecule has 0 bridgehead atoms. The highest BCUT2D eigenvalue weighted by atomic mass is 16.5. The van der Waals surface area contributed by atoms with Crippen LogP contribution in [0.3, 0.4) is 0 Å². The van der Waals surface area contributed by atoms with E-state index in [1.807, 2.05) is 0 Å². The third kappa shape index (κ3) is 3.41. The molecule has 1 N–H and O–H groups in total. The maximum Gasteiger partial charge on any atom is 0.339 e. The van der Waals surface area contributed by atoms with Crippen molar-refractivity contribution in [2.24, 2.45) is 0 Å². The molecule has 1 aromatic carbocycles. The van der Waals surface area contributed by atoms with Gasteiger partial charge in [-0.15, -0.1) is 0 Å². The van der Waals surface area contributed by atoms with Crippen molar-refractivity contribution in [3.63, 3.8) is 0 Å². The number of ether oxygens (including phenoxy) is 1. The van der Waals surface area contributed by atoms with Crippen LogP contribution in [0.5, 0.6) is 0 Å². The number of carboxylic acids is 1. The SMILES string of the molecule is CCOC(=O)c1cc(CC(C)=O)ccc1C(=O)O. The van der Waals surface area contributed by atoms with E-state index < -0.39 is 11.9 Å².